The first-order valence-electron chi connectivity index (χ1n) is 6.96. The molecule has 2 aromatic carbocycles. The SMILES string of the molecule is CSc1ccc(Oc2ccc(OCC=C(Cl)Cl)c(C(F)(F)F)c2)cc1. The van der Waals surface area contributed by atoms with Gasteiger partial charge >= 0.3 is 6.18 Å². The summed E-state index contributed by atoms with van der Waals surface area (Å²) in [6, 6.07) is 10.5. The number of thioether (sulfide) groups is 1. The number of alkyl halides is 3. The maximum absolute atomic E-state index is 13.2. The number of benzene rings is 2. The average Bonchev–Trinajstić information content (AvgIpc) is 2.55. The molecule has 0 bridgehead atoms. The van der Waals surface area contributed by atoms with E-state index >= 15 is 0 Å². The van der Waals surface area contributed by atoms with Crippen LogP contribution in [-0.2, 0) is 6.18 Å². The highest BCUT2D eigenvalue weighted by molar-refractivity contribution is 7.98. The topological polar surface area (TPSA) is 18.5 Å². The van der Waals surface area contributed by atoms with Crippen LogP contribution in [-0.4, -0.2) is 12.9 Å². The molecule has 2 aromatic rings. The van der Waals surface area contributed by atoms with Gasteiger partial charge in [0.25, 0.3) is 0 Å². The van der Waals surface area contributed by atoms with Gasteiger partial charge in [0.05, 0.1) is 0 Å². The molecule has 0 aliphatic carbocycles. The summed E-state index contributed by atoms with van der Waals surface area (Å²) in [5, 5.41) is 0. The van der Waals surface area contributed by atoms with Gasteiger partial charge in [-0.2, -0.15) is 13.2 Å². The highest BCUT2D eigenvalue weighted by Gasteiger charge is 2.35. The van der Waals surface area contributed by atoms with Gasteiger partial charge in [-0.25, -0.2) is 0 Å². The van der Waals surface area contributed by atoms with Crippen LogP contribution in [0, 0.1) is 0 Å². The molecule has 0 heterocycles. The van der Waals surface area contributed by atoms with Crippen molar-refractivity contribution in [3.63, 3.8) is 0 Å². The Morgan fingerprint density at radius 1 is 1.08 bits per heavy atom. The van der Waals surface area contributed by atoms with Gasteiger partial charge in [-0.3, -0.25) is 0 Å². The number of hydrogen-bond acceptors (Lipinski definition) is 3. The Morgan fingerprint density at radius 3 is 2.28 bits per heavy atom. The molecule has 0 atom stereocenters. The van der Waals surface area contributed by atoms with E-state index in [2.05, 4.69) is 0 Å². The van der Waals surface area contributed by atoms with Gasteiger partial charge in [0.15, 0.2) is 0 Å². The van der Waals surface area contributed by atoms with Gasteiger partial charge in [-0.15, -0.1) is 11.8 Å². The fraction of sp³-hybridized carbons (Fsp3) is 0.176. The minimum atomic E-state index is -4.59. The molecule has 8 heteroatoms. The monoisotopic (exact) mass is 408 g/mol. The Kier molecular flexibility index (Phi) is 6.93. The van der Waals surface area contributed by atoms with E-state index in [1.165, 1.54) is 18.2 Å². The van der Waals surface area contributed by atoms with Gasteiger partial charge in [0.1, 0.15) is 33.9 Å². The van der Waals surface area contributed by atoms with Crippen LogP contribution < -0.4 is 9.47 Å². The Labute approximate surface area is 157 Å². The van der Waals surface area contributed by atoms with Crippen molar-refractivity contribution in [1.29, 1.82) is 0 Å². The number of halogens is 5. The molecular formula is C17H13Cl2F3O2S. The van der Waals surface area contributed by atoms with Crippen LogP contribution in [0.5, 0.6) is 17.2 Å². The first kappa shape index (κ1) is 19.8. The average molecular weight is 409 g/mol. The molecule has 0 aromatic heterocycles. The minimum Gasteiger partial charge on any atom is -0.489 e. The second kappa shape index (κ2) is 8.74. The van der Waals surface area contributed by atoms with Crippen molar-refractivity contribution in [3.05, 3.63) is 58.6 Å². The fourth-order valence-electron chi connectivity index (χ4n) is 1.89. The highest BCUT2D eigenvalue weighted by Crippen LogP contribution is 2.39. The van der Waals surface area contributed by atoms with Crippen LogP contribution in [0.4, 0.5) is 13.2 Å². The summed E-state index contributed by atoms with van der Waals surface area (Å²) in [6.45, 7) is -0.179. The molecular weight excluding hydrogens is 396 g/mol. The van der Waals surface area contributed by atoms with E-state index in [-0.39, 0.29) is 22.6 Å². The maximum atomic E-state index is 13.2. The van der Waals surface area contributed by atoms with Gasteiger partial charge in [-0.05, 0) is 54.8 Å². The lowest BCUT2D eigenvalue weighted by Crippen LogP contribution is -2.09. The maximum Gasteiger partial charge on any atom is 0.420 e. The van der Waals surface area contributed by atoms with Crippen molar-refractivity contribution >= 4 is 35.0 Å². The van der Waals surface area contributed by atoms with Crippen molar-refractivity contribution in [1.82, 2.24) is 0 Å². The molecule has 0 unspecified atom stereocenters. The largest absolute Gasteiger partial charge is 0.489 e. The lowest BCUT2D eigenvalue weighted by Gasteiger charge is -2.15. The molecule has 2 rings (SSSR count). The van der Waals surface area contributed by atoms with Crippen molar-refractivity contribution in [2.75, 3.05) is 12.9 Å². The first-order chi connectivity index (χ1) is 11.8. The molecule has 0 saturated carbocycles. The predicted octanol–water partition coefficient (Wildman–Crippen LogP) is 6.92. The van der Waals surface area contributed by atoms with E-state index in [4.69, 9.17) is 32.7 Å². The molecule has 0 amide bonds. The van der Waals surface area contributed by atoms with Crippen molar-refractivity contribution in [2.45, 2.75) is 11.1 Å². The molecule has 0 aliphatic heterocycles. The fourth-order valence-corrected chi connectivity index (χ4v) is 2.43. The van der Waals surface area contributed by atoms with E-state index in [1.807, 2.05) is 18.4 Å². The van der Waals surface area contributed by atoms with Crippen molar-refractivity contribution in [2.24, 2.45) is 0 Å². The van der Waals surface area contributed by atoms with E-state index in [1.54, 1.807) is 23.9 Å². The zero-order valence-corrected chi connectivity index (χ0v) is 15.3. The highest BCUT2D eigenvalue weighted by atomic mass is 35.5. The quantitative estimate of drug-likeness (QED) is 0.483. The molecule has 25 heavy (non-hydrogen) atoms. The molecule has 0 aliphatic rings. The van der Waals surface area contributed by atoms with Gasteiger partial charge in [0.2, 0.25) is 0 Å². The van der Waals surface area contributed by atoms with E-state index in [0.717, 1.165) is 11.0 Å². The van der Waals surface area contributed by atoms with Crippen LogP contribution >= 0.6 is 35.0 Å². The summed E-state index contributed by atoms with van der Waals surface area (Å²) >= 11 is 12.4. The Bertz CT molecular complexity index is 743. The van der Waals surface area contributed by atoms with Gasteiger partial charge < -0.3 is 9.47 Å². The Balaban J connectivity index is 2.23. The van der Waals surface area contributed by atoms with Gasteiger partial charge in [0, 0.05) is 4.90 Å². The standard InChI is InChI=1S/C17H13Cl2F3O2S/c1-25-13-5-2-11(3-6-13)24-12-4-7-15(23-9-8-16(18)19)14(10-12)17(20,21)22/h2-8,10H,9H2,1H3. The van der Waals surface area contributed by atoms with Crippen molar-refractivity contribution < 1.29 is 22.6 Å². The zero-order valence-electron chi connectivity index (χ0n) is 12.9. The van der Waals surface area contributed by atoms with E-state index in [0.29, 0.717) is 5.75 Å². The molecule has 2 nitrogen and oxygen atoms in total. The normalized spacial score (nSPS) is 11.1. The van der Waals surface area contributed by atoms with Crippen LogP contribution in [0.25, 0.3) is 0 Å². The summed E-state index contributed by atoms with van der Waals surface area (Å²) in [7, 11) is 0. The lowest BCUT2D eigenvalue weighted by atomic mass is 10.2. The first-order valence-corrected chi connectivity index (χ1v) is 8.95. The van der Waals surface area contributed by atoms with Crippen LogP contribution in [0.3, 0.4) is 0 Å². The third-order valence-electron chi connectivity index (χ3n) is 3.03. The van der Waals surface area contributed by atoms with Crippen LogP contribution in [0.2, 0.25) is 0 Å². The number of rotatable bonds is 6. The molecule has 0 saturated heterocycles. The molecule has 134 valence electrons. The summed E-state index contributed by atoms with van der Waals surface area (Å²) in [5.74, 6) is 0.169. The summed E-state index contributed by atoms with van der Waals surface area (Å²) in [4.78, 5) is 1.03. The molecule has 0 spiro atoms. The lowest BCUT2D eigenvalue weighted by molar-refractivity contribution is -0.138. The molecule has 0 radical (unpaired) electrons. The van der Waals surface area contributed by atoms with E-state index in [9.17, 15) is 13.2 Å². The molecule has 0 fully saturated rings. The summed E-state index contributed by atoms with van der Waals surface area (Å²) in [6.07, 6.45) is -1.41. The molecule has 0 N–H and O–H groups in total. The van der Waals surface area contributed by atoms with Crippen molar-refractivity contribution in [3.8, 4) is 17.2 Å². The zero-order chi connectivity index (χ0) is 18.4. The minimum absolute atomic E-state index is 0.0579. The summed E-state index contributed by atoms with van der Waals surface area (Å²) < 4.78 is 50.2. The summed E-state index contributed by atoms with van der Waals surface area (Å²) in [5.41, 5.74) is -0.940. The smallest absolute Gasteiger partial charge is 0.420 e. The van der Waals surface area contributed by atoms with Crippen LogP contribution in [0.15, 0.2) is 57.9 Å². The predicted molar refractivity (Wildman–Crippen MR) is 95.0 cm³/mol. The second-order valence-electron chi connectivity index (χ2n) is 4.74. The van der Waals surface area contributed by atoms with Gasteiger partial charge in [-0.1, -0.05) is 23.2 Å². The van der Waals surface area contributed by atoms with Crippen LogP contribution in [0.1, 0.15) is 5.56 Å². The third kappa shape index (κ3) is 6.06. The second-order valence-corrected chi connectivity index (χ2v) is 6.63. The van der Waals surface area contributed by atoms with E-state index < -0.39 is 11.7 Å². The Hall–Kier alpha value is -1.50. The number of hydrogen-bond donors (Lipinski definition) is 0. The third-order valence-corrected chi connectivity index (χ3v) is 4.08. The number of ether oxygens (including phenoxy) is 2. The Morgan fingerprint density at radius 2 is 1.72 bits per heavy atom.